The standard InChI is InChI=1S/C27H31N5O3/c1-2-23(33)32-16-13-18(14-17-32)22-12-15-30-27(31-22)24(26(29)34)25(28)19-8-10-21(11-9-19)35-20-6-4-3-5-7-20/h2-11,18,22H,1,12-17,28H2,(H2,29,34)(H,30,31)/p+1. The molecule has 0 bridgehead atoms. The van der Waals surface area contributed by atoms with E-state index in [9.17, 15) is 9.59 Å². The number of hydrogen-bond donors (Lipinski definition) is 3. The average Bonchev–Trinajstić information content (AvgIpc) is 2.89. The van der Waals surface area contributed by atoms with Crippen LogP contribution >= 0.6 is 0 Å². The summed E-state index contributed by atoms with van der Waals surface area (Å²) in [5, 5.41) is 2.04. The summed E-state index contributed by atoms with van der Waals surface area (Å²) in [5.74, 6) is 1.74. The second kappa shape index (κ2) is 11.0. The van der Waals surface area contributed by atoms with E-state index in [4.69, 9.17) is 16.2 Å². The maximum absolute atomic E-state index is 12.5. The SMILES string of the molecule is C=CC(=O)N1CCC(C2CCN=C(C(C(N)=O)=C(N)c3ccc(Oc4ccccc4)cc3)[NH2+]2)CC1. The number of aliphatic imine (C=N–C) groups is 1. The summed E-state index contributed by atoms with van der Waals surface area (Å²) in [5.41, 5.74) is 13.4. The van der Waals surface area contributed by atoms with Gasteiger partial charge in [-0.25, -0.2) is 4.99 Å². The lowest BCUT2D eigenvalue weighted by Crippen LogP contribution is -2.96. The predicted molar refractivity (Wildman–Crippen MR) is 135 cm³/mol. The van der Waals surface area contributed by atoms with E-state index in [1.165, 1.54) is 6.08 Å². The highest BCUT2D eigenvalue weighted by Crippen LogP contribution is 2.25. The molecule has 2 aromatic carbocycles. The lowest BCUT2D eigenvalue weighted by atomic mass is 9.86. The van der Waals surface area contributed by atoms with Crippen LogP contribution in [-0.2, 0) is 9.59 Å². The first-order valence-corrected chi connectivity index (χ1v) is 11.9. The summed E-state index contributed by atoms with van der Waals surface area (Å²) in [7, 11) is 0. The van der Waals surface area contributed by atoms with E-state index in [1.807, 2.05) is 52.7 Å². The third-order valence-corrected chi connectivity index (χ3v) is 6.66. The van der Waals surface area contributed by atoms with Gasteiger partial charge in [0.15, 0.2) is 0 Å². The molecule has 0 radical (unpaired) electrons. The second-order valence-electron chi connectivity index (χ2n) is 8.85. The molecule has 1 unspecified atom stereocenters. The lowest BCUT2D eigenvalue weighted by Gasteiger charge is -2.35. The van der Waals surface area contributed by atoms with Crippen molar-refractivity contribution in [2.24, 2.45) is 22.4 Å². The van der Waals surface area contributed by atoms with Gasteiger partial charge in [-0.15, -0.1) is 0 Å². The number of carbonyl (C=O) groups excluding carboxylic acids is 2. The van der Waals surface area contributed by atoms with Crippen LogP contribution in [0.15, 0.2) is 77.8 Å². The summed E-state index contributed by atoms with van der Waals surface area (Å²) in [4.78, 5) is 30.8. The molecule has 1 saturated heterocycles. The van der Waals surface area contributed by atoms with E-state index in [1.54, 1.807) is 12.1 Å². The number of likely N-dealkylation sites (tertiary alicyclic amines) is 1. The van der Waals surface area contributed by atoms with Crippen molar-refractivity contribution in [2.75, 3.05) is 19.6 Å². The Morgan fingerprint density at radius 2 is 1.66 bits per heavy atom. The number of benzene rings is 2. The molecule has 6 N–H and O–H groups in total. The van der Waals surface area contributed by atoms with Crippen molar-refractivity contribution in [3.05, 3.63) is 78.4 Å². The first-order valence-electron chi connectivity index (χ1n) is 11.9. The van der Waals surface area contributed by atoms with E-state index >= 15 is 0 Å². The van der Waals surface area contributed by atoms with Crippen molar-refractivity contribution < 1.29 is 19.6 Å². The topological polar surface area (TPSA) is 128 Å². The highest BCUT2D eigenvalue weighted by Gasteiger charge is 2.35. The number of para-hydroxylation sites is 1. The highest BCUT2D eigenvalue weighted by atomic mass is 16.5. The van der Waals surface area contributed by atoms with Gasteiger partial charge >= 0.3 is 0 Å². The molecule has 1 atom stereocenters. The average molecular weight is 475 g/mol. The van der Waals surface area contributed by atoms with E-state index < -0.39 is 5.91 Å². The van der Waals surface area contributed by atoms with Crippen LogP contribution in [-0.4, -0.2) is 48.2 Å². The third-order valence-electron chi connectivity index (χ3n) is 6.66. The van der Waals surface area contributed by atoms with Gasteiger partial charge in [-0.05, 0) is 60.9 Å². The molecule has 8 heteroatoms. The summed E-state index contributed by atoms with van der Waals surface area (Å²) >= 11 is 0. The molecule has 2 aliphatic heterocycles. The van der Waals surface area contributed by atoms with Crippen molar-refractivity contribution in [3.63, 3.8) is 0 Å². The van der Waals surface area contributed by atoms with E-state index in [0.29, 0.717) is 48.4 Å². The maximum Gasteiger partial charge on any atom is 0.258 e. The van der Waals surface area contributed by atoms with E-state index in [0.717, 1.165) is 25.0 Å². The van der Waals surface area contributed by atoms with Crippen LogP contribution in [0.4, 0.5) is 0 Å². The van der Waals surface area contributed by atoms with Gasteiger partial charge in [0.1, 0.15) is 17.1 Å². The maximum atomic E-state index is 12.5. The number of primary amides is 1. The first-order chi connectivity index (χ1) is 17.0. The molecular weight excluding hydrogens is 442 g/mol. The number of hydrogen-bond acceptors (Lipinski definition) is 5. The minimum atomic E-state index is -0.603. The number of nitrogens with two attached hydrogens (primary N) is 3. The highest BCUT2D eigenvalue weighted by molar-refractivity contribution is 6.22. The third kappa shape index (κ3) is 5.78. The number of carbonyl (C=O) groups is 2. The predicted octanol–water partition coefficient (Wildman–Crippen LogP) is 1.79. The van der Waals surface area contributed by atoms with Gasteiger partial charge in [0.05, 0.1) is 18.3 Å². The Bertz CT molecular complexity index is 1130. The molecule has 35 heavy (non-hydrogen) atoms. The minimum absolute atomic E-state index is 0.0229. The minimum Gasteiger partial charge on any atom is -0.457 e. The molecule has 0 spiro atoms. The molecule has 182 valence electrons. The van der Waals surface area contributed by atoms with E-state index in [-0.39, 0.29) is 17.5 Å². The molecule has 8 nitrogen and oxygen atoms in total. The normalized spacial score (nSPS) is 19.4. The second-order valence-corrected chi connectivity index (χ2v) is 8.85. The van der Waals surface area contributed by atoms with Crippen LogP contribution in [0, 0.1) is 5.92 Å². The van der Waals surface area contributed by atoms with Crippen LogP contribution in [0.5, 0.6) is 11.5 Å². The quantitative estimate of drug-likeness (QED) is 0.529. The zero-order valence-corrected chi connectivity index (χ0v) is 19.7. The van der Waals surface area contributed by atoms with Crippen LogP contribution in [0.2, 0.25) is 0 Å². The molecule has 2 heterocycles. The number of ether oxygens (including phenoxy) is 1. The van der Waals surface area contributed by atoms with Crippen LogP contribution in [0.3, 0.4) is 0 Å². The molecule has 2 aliphatic rings. The van der Waals surface area contributed by atoms with Crippen LogP contribution < -0.4 is 21.5 Å². The summed E-state index contributed by atoms with van der Waals surface area (Å²) < 4.78 is 5.84. The fraction of sp³-hybridized carbons (Fsp3) is 0.296. The summed E-state index contributed by atoms with van der Waals surface area (Å²) in [6.45, 7) is 5.61. The summed E-state index contributed by atoms with van der Waals surface area (Å²) in [6.07, 6.45) is 4.08. The van der Waals surface area contributed by atoms with Crippen molar-refractivity contribution in [3.8, 4) is 11.5 Å². The molecule has 4 rings (SSSR count). The first kappa shape index (κ1) is 24.2. The van der Waals surface area contributed by atoms with Gasteiger partial charge in [0.2, 0.25) is 11.7 Å². The van der Waals surface area contributed by atoms with Crippen molar-refractivity contribution in [1.29, 1.82) is 0 Å². The number of amidine groups is 1. The fourth-order valence-corrected chi connectivity index (χ4v) is 4.75. The molecule has 0 saturated carbocycles. The zero-order chi connectivity index (χ0) is 24.8. The lowest BCUT2D eigenvalue weighted by molar-refractivity contribution is -0.594. The number of nitrogens with zero attached hydrogens (tertiary/aromatic N) is 2. The smallest absolute Gasteiger partial charge is 0.258 e. The molecule has 0 aliphatic carbocycles. The molecule has 1 fully saturated rings. The Morgan fingerprint density at radius 1 is 1.00 bits per heavy atom. The fourth-order valence-electron chi connectivity index (χ4n) is 4.75. The van der Waals surface area contributed by atoms with Crippen molar-refractivity contribution in [1.82, 2.24) is 4.90 Å². The number of amides is 2. The Morgan fingerprint density at radius 3 is 2.29 bits per heavy atom. The van der Waals surface area contributed by atoms with Gasteiger partial charge in [-0.1, -0.05) is 24.8 Å². The zero-order valence-electron chi connectivity index (χ0n) is 19.7. The molecule has 0 aromatic heterocycles. The molecule has 2 amide bonds. The number of quaternary nitrogens is 1. The largest absolute Gasteiger partial charge is 0.457 e. The Labute approximate surface area is 205 Å². The molecular formula is C27H32N5O3+. The monoisotopic (exact) mass is 474 g/mol. The van der Waals surface area contributed by atoms with Crippen molar-refractivity contribution >= 4 is 23.3 Å². The van der Waals surface area contributed by atoms with Gasteiger partial charge in [-0.3, -0.25) is 14.9 Å². The van der Waals surface area contributed by atoms with Crippen LogP contribution in [0.25, 0.3) is 5.70 Å². The summed E-state index contributed by atoms with van der Waals surface area (Å²) in [6, 6.07) is 17.0. The van der Waals surface area contributed by atoms with Gasteiger partial charge in [0.25, 0.3) is 5.91 Å². The van der Waals surface area contributed by atoms with Gasteiger partial charge in [0, 0.05) is 25.4 Å². The Hall–Kier alpha value is -3.91. The molecule has 2 aromatic rings. The van der Waals surface area contributed by atoms with Crippen molar-refractivity contribution in [2.45, 2.75) is 25.3 Å². The van der Waals surface area contributed by atoms with Gasteiger partial charge in [-0.2, -0.15) is 0 Å². The Balaban J connectivity index is 1.48. The number of rotatable bonds is 7. The Kier molecular flexibility index (Phi) is 7.62. The van der Waals surface area contributed by atoms with Crippen LogP contribution in [0.1, 0.15) is 24.8 Å². The van der Waals surface area contributed by atoms with Gasteiger partial charge < -0.3 is 21.1 Å². The van der Waals surface area contributed by atoms with E-state index in [2.05, 4.69) is 11.6 Å². The number of piperidine rings is 1.